The van der Waals surface area contributed by atoms with Gasteiger partial charge in [-0.25, -0.2) is 0 Å². The fourth-order valence-electron chi connectivity index (χ4n) is 2.14. The molecule has 2 rings (SSSR count). The lowest BCUT2D eigenvalue weighted by Gasteiger charge is -2.16. The molecule has 0 bridgehead atoms. The number of hydrogen-bond donors (Lipinski definition) is 1. The molecule has 4 heteroatoms. The maximum absolute atomic E-state index is 6.09. The summed E-state index contributed by atoms with van der Waals surface area (Å²) in [5.41, 5.74) is 2.42. The van der Waals surface area contributed by atoms with E-state index in [1.807, 2.05) is 12.1 Å². The van der Waals surface area contributed by atoms with Gasteiger partial charge in [-0.2, -0.15) is 0 Å². The molecule has 1 unspecified atom stereocenters. The SMILES string of the molecule is COc1cc2c(cc1Cl)NC(CN(C)C)C2. The Morgan fingerprint density at radius 1 is 1.50 bits per heavy atom. The Labute approximate surface area is 101 Å². The number of nitrogens with one attached hydrogen (secondary N) is 1. The first-order valence-corrected chi connectivity index (χ1v) is 5.75. The average Bonchev–Trinajstić information content (AvgIpc) is 2.56. The van der Waals surface area contributed by atoms with Crippen molar-refractivity contribution in [2.24, 2.45) is 0 Å². The number of methoxy groups -OCH3 is 1. The van der Waals surface area contributed by atoms with Crippen LogP contribution in [-0.4, -0.2) is 38.7 Å². The number of ether oxygens (including phenoxy) is 1. The van der Waals surface area contributed by atoms with Crippen molar-refractivity contribution in [3.05, 3.63) is 22.7 Å². The lowest BCUT2D eigenvalue weighted by Crippen LogP contribution is -2.30. The number of benzene rings is 1. The summed E-state index contributed by atoms with van der Waals surface area (Å²) in [7, 11) is 5.81. The van der Waals surface area contributed by atoms with Gasteiger partial charge in [-0.15, -0.1) is 0 Å². The molecule has 1 N–H and O–H groups in total. The predicted molar refractivity (Wildman–Crippen MR) is 67.7 cm³/mol. The van der Waals surface area contributed by atoms with Crippen LogP contribution < -0.4 is 10.1 Å². The Hall–Kier alpha value is -0.930. The molecule has 0 aromatic heterocycles. The van der Waals surface area contributed by atoms with E-state index in [4.69, 9.17) is 16.3 Å². The summed E-state index contributed by atoms with van der Waals surface area (Å²) in [5.74, 6) is 0.757. The normalized spacial score (nSPS) is 18.4. The Balaban J connectivity index is 2.18. The Bertz CT molecular complexity index is 393. The van der Waals surface area contributed by atoms with Crippen LogP contribution in [0.4, 0.5) is 5.69 Å². The van der Waals surface area contributed by atoms with Gasteiger partial charge in [-0.3, -0.25) is 0 Å². The molecular formula is C12H17ClN2O. The van der Waals surface area contributed by atoms with Crippen molar-refractivity contribution in [2.45, 2.75) is 12.5 Å². The molecule has 1 aromatic rings. The first-order valence-electron chi connectivity index (χ1n) is 5.38. The van der Waals surface area contributed by atoms with E-state index in [-0.39, 0.29) is 0 Å². The summed E-state index contributed by atoms with van der Waals surface area (Å²) in [6.07, 6.45) is 1.03. The van der Waals surface area contributed by atoms with E-state index in [2.05, 4.69) is 24.3 Å². The van der Waals surface area contributed by atoms with Gasteiger partial charge in [0.2, 0.25) is 0 Å². The standard InChI is InChI=1S/C12H17ClN2O/c1-15(2)7-9-4-8-5-12(16-3)10(13)6-11(8)14-9/h5-6,9,14H,4,7H2,1-3H3. The molecule has 1 aliphatic heterocycles. The van der Waals surface area contributed by atoms with Crippen molar-refractivity contribution in [1.82, 2.24) is 4.90 Å². The van der Waals surface area contributed by atoms with Gasteiger partial charge in [0.25, 0.3) is 0 Å². The van der Waals surface area contributed by atoms with Crippen LogP contribution in [0, 0.1) is 0 Å². The highest BCUT2D eigenvalue weighted by Gasteiger charge is 2.22. The Morgan fingerprint density at radius 3 is 2.88 bits per heavy atom. The number of rotatable bonds is 3. The third-order valence-electron chi connectivity index (χ3n) is 2.79. The molecule has 1 atom stereocenters. The van der Waals surface area contributed by atoms with Crippen molar-refractivity contribution in [1.29, 1.82) is 0 Å². The predicted octanol–water partition coefficient (Wildman–Crippen LogP) is 2.25. The van der Waals surface area contributed by atoms with Gasteiger partial charge in [0.1, 0.15) is 5.75 Å². The quantitative estimate of drug-likeness (QED) is 0.877. The molecule has 0 aliphatic carbocycles. The zero-order chi connectivity index (χ0) is 11.7. The first-order chi connectivity index (χ1) is 7.60. The summed E-state index contributed by atoms with van der Waals surface area (Å²) in [4.78, 5) is 2.18. The topological polar surface area (TPSA) is 24.5 Å². The van der Waals surface area contributed by atoms with E-state index in [0.29, 0.717) is 11.1 Å². The average molecular weight is 241 g/mol. The van der Waals surface area contributed by atoms with Crippen molar-refractivity contribution >= 4 is 17.3 Å². The molecule has 1 heterocycles. The highest BCUT2D eigenvalue weighted by molar-refractivity contribution is 6.32. The highest BCUT2D eigenvalue weighted by Crippen LogP contribution is 2.35. The molecule has 16 heavy (non-hydrogen) atoms. The fourth-order valence-corrected chi connectivity index (χ4v) is 2.38. The van der Waals surface area contributed by atoms with Crippen LogP contribution in [-0.2, 0) is 6.42 Å². The Kier molecular flexibility index (Phi) is 3.26. The minimum absolute atomic E-state index is 0.466. The second-order valence-electron chi connectivity index (χ2n) is 4.45. The molecule has 1 aliphatic rings. The van der Waals surface area contributed by atoms with Crippen LogP contribution in [0.25, 0.3) is 0 Å². The van der Waals surface area contributed by atoms with Crippen LogP contribution in [0.1, 0.15) is 5.56 Å². The fraction of sp³-hybridized carbons (Fsp3) is 0.500. The molecule has 88 valence electrons. The van der Waals surface area contributed by atoms with Gasteiger partial charge >= 0.3 is 0 Å². The number of hydrogen-bond acceptors (Lipinski definition) is 3. The van der Waals surface area contributed by atoms with E-state index < -0.39 is 0 Å². The summed E-state index contributed by atoms with van der Waals surface area (Å²) in [6, 6.07) is 4.44. The monoisotopic (exact) mass is 240 g/mol. The molecule has 0 saturated carbocycles. The number of anilines is 1. The molecule has 1 aromatic carbocycles. The zero-order valence-electron chi connectivity index (χ0n) is 9.88. The Morgan fingerprint density at radius 2 is 2.25 bits per heavy atom. The second-order valence-corrected chi connectivity index (χ2v) is 4.86. The first kappa shape index (κ1) is 11.6. The van der Waals surface area contributed by atoms with E-state index in [0.717, 1.165) is 24.4 Å². The minimum atomic E-state index is 0.466. The molecular weight excluding hydrogens is 224 g/mol. The van der Waals surface area contributed by atoms with E-state index in [1.165, 1.54) is 5.56 Å². The van der Waals surface area contributed by atoms with E-state index in [9.17, 15) is 0 Å². The van der Waals surface area contributed by atoms with E-state index in [1.54, 1.807) is 7.11 Å². The number of halogens is 1. The van der Waals surface area contributed by atoms with Crippen molar-refractivity contribution in [3.8, 4) is 5.75 Å². The van der Waals surface area contributed by atoms with Gasteiger partial charge < -0.3 is 15.0 Å². The lowest BCUT2D eigenvalue weighted by molar-refractivity contribution is 0.386. The summed E-state index contributed by atoms with van der Waals surface area (Å²) < 4.78 is 5.22. The largest absolute Gasteiger partial charge is 0.495 e. The maximum Gasteiger partial charge on any atom is 0.137 e. The van der Waals surface area contributed by atoms with Crippen molar-refractivity contribution < 1.29 is 4.74 Å². The molecule has 0 radical (unpaired) electrons. The molecule has 0 saturated heterocycles. The van der Waals surface area contributed by atoms with Crippen LogP contribution in [0.5, 0.6) is 5.75 Å². The van der Waals surface area contributed by atoms with Gasteiger partial charge in [0, 0.05) is 18.3 Å². The number of likely N-dealkylation sites (N-methyl/N-ethyl adjacent to an activating group) is 1. The van der Waals surface area contributed by atoms with Gasteiger partial charge in [0.15, 0.2) is 0 Å². The van der Waals surface area contributed by atoms with Crippen molar-refractivity contribution in [2.75, 3.05) is 33.1 Å². The highest BCUT2D eigenvalue weighted by atomic mass is 35.5. The molecule has 0 spiro atoms. The third kappa shape index (κ3) is 2.25. The van der Waals surface area contributed by atoms with Gasteiger partial charge in [-0.05, 0) is 38.2 Å². The summed E-state index contributed by atoms with van der Waals surface area (Å²) >= 11 is 6.09. The maximum atomic E-state index is 6.09. The van der Waals surface area contributed by atoms with Crippen LogP contribution in [0.15, 0.2) is 12.1 Å². The molecule has 0 amide bonds. The summed E-state index contributed by atoms with van der Waals surface area (Å²) in [5, 5.41) is 4.14. The van der Waals surface area contributed by atoms with Crippen LogP contribution in [0.3, 0.4) is 0 Å². The lowest BCUT2D eigenvalue weighted by atomic mass is 10.1. The summed E-state index contributed by atoms with van der Waals surface area (Å²) in [6.45, 7) is 1.02. The second kappa shape index (κ2) is 4.52. The van der Waals surface area contributed by atoms with Crippen LogP contribution in [0.2, 0.25) is 5.02 Å². The third-order valence-corrected chi connectivity index (χ3v) is 3.08. The smallest absolute Gasteiger partial charge is 0.137 e. The number of fused-ring (bicyclic) bond motifs is 1. The molecule has 0 fully saturated rings. The van der Waals surface area contributed by atoms with E-state index >= 15 is 0 Å². The van der Waals surface area contributed by atoms with Gasteiger partial charge in [-0.1, -0.05) is 11.6 Å². The zero-order valence-corrected chi connectivity index (χ0v) is 10.6. The van der Waals surface area contributed by atoms with Gasteiger partial charge in [0.05, 0.1) is 12.1 Å². The minimum Gasteiger partial charge on any atom is -0.495 e. The molecule has 3 nitrogen and oxygen atoms in total. The van der Waals surface area contributed by atoms with Crippen LogP contribution >= 0.6 is 11.6 Å². The van der Waals surface area contributed by atoms with Crippen molar-refractivity contribution in [3.63, 3.8) is 0 Å². The number of nitrogens with zero attached hydrogens (tertiary/aromatic N) is 1.